The second-order valence-corrected chi connectivity index (χ2v) is 3.66. The smallest absolute Gasteiger partial charge is 0.266 e. The van der Waals surface area contributed by atoms with E-state index in [2.05, 4.69) is 15.0 Å². The number of nitrogens with zero attached hydrogens (tertiary/aromatic N) is 3. The highest BCUT2D eigenvalue weighted by atomic mass is 16.5. The van der Waals surface area contributed by atoms with Gasteiger partial charge < -0.3 is 14.5 Å². The molecule has 1 unspecified atom stereocenters. The van der Waals surface area contributed by atoms with Gasteiger partial charge in [0.15, 0.2) is 0 Å². The van der Waals surface area contributed by atoms with Crippen molar-refractivity contribution >= 4 is 5.95 Å². The van der Waals surface area contributed by atoms with Gasteiger partial charge in [0.1, 0.15) is 6.10 Å². The van der Waals surface area contributed by atoms with Crippen LogP contribution in [0, 0.1) is 0 Å². The summed E-state index contributed by atoms with van der Waals surface area (Å²) in [6, 6.07) is 0. The molecule has 1 N–H and O–H groups in total. The highest BCUT2D eigenvalue weighted by Crippen LogP contribution is 2.18. The number of anilines is 1. The number of piperidine rings is 1. The molecule has 1 saturated heterocycles. The Morgan fingerprint density at radius 1 is 1.36 bits per heavy atom. The average molecular weight is 197 g/mol. The van der Waals surface area contributed by atoms with E-state index in [1.165, 1.54) is 19.3 Å². The predicted octanol–water partition coefficient (Wildman–Crippen LogP) is 1.11. The summed E-state index contributed by atoms with van der Waals surface area (Å²) in [5.41, 5.74) is 0. The van der Waals surface area contributed by atoms with Crippen LogP contribution >= 0.6 is 0 Å². The number of aliphatic hydroxyl groups excluding tert-OH is 1. The van der Waals surface area contributed by atoms with E-state index in [1.807, 2.05) is 0 Å². The van der Waals surface area contributed by atoms with E-state index < -0.39 is 6.10 Å². The van der Waals surface area contributed by atoms with Crippen LogP contribution in [0.3, 0.4) is 0 Å². The van der Waals surface area contributed by atoms with E-state index >= 15 is 0 Å². The summed E-state index contributed by atoms with van der Waals surface area (Å²) >= 11 is 0. The Hall–Kier alpha value is -1.10. The van der Waals surface area contributed by atoms with Gasteiger partial charge in [-0.15, -0.1) is 0 Å². The summed E-state index contributed by atoms with van der Waals surface area (Å²) in [6.45, 7) is 3.59. The van der Waals surface area contributed by atoms with Crippen LogP contribution in [-0.2, 0) is 0 Å². The molecule has 1 fully saturated rings. The van der Waals surface area contributed by atoms with E-state index in [1.54, 1.807) is 6.92 Å². The van der Waals surface area contributed by atoms with Crippen molar-refractivity contribution in [3.8, 4) is 0 Å². The van der Waals surface area contributed by atoms with Gasteiger partial charge in [-0.1, -0.05) is 0 Å². The molecule has 0 aliphatic carbocycles. The Labute approximate surface area is 82.7 Å². The number of hydrogen-bond acceptors (Lipinski definition) is 5. The monoisotopic (exact) mass is 197 g/mol. The number of rotatable bonds is 2. The molecule has 0 bridgehead atoms. The van der Waals surface area contributed by atoms with Gasteiger partial charge in [0.05, 0.1) is 0 Å². The highest BCUT2D eigenvalue weighted by Gasteiger charge is 2.18. The maximum Gasteiger partial charge on any atom is 0.266 e. The fourth-order valence-corrected chi connectivity index (χ4v) is 1.62. The third kappa shape index (κ3) is 1.87. The first kappa shape index (κ1) is 9.45. The van der Waals surface area contributed by atoms with E-state index in [4.69, 9.17) is 4.52 Å². The molecule has 1 aromatic heterocycles. The topological polar surface area (TPSA) is 62.4 Å². The Bertz CT molecular complexity index is 292. The summed E-state index contributed by atoms with van der Waals surface area (Å²) in [5, 5.41) is 13.1. The van der Waals surface area contributed by atoms with Crippen molar-refractivity contribution in [2.45, 2.75) is 32.3 Å². The van der Waals surface area contributed by atoms with Crippen molar-refractivity contribution in [3.05, 3.63) is 5.89 Å². The first-order valence-electron chi connectivity index (χ1n) is 5.04. The summed E-state index contributed by atoms with van der Waals surface area (Å²) < 4.78 is 4.93. The minimum absolute atomic E-state index is 0.297. The molecule has 1 aromatic rings. The third-order valence-electron chi connectivity index (χ3n) is 2.43. The molecule has 0 spiro atoms. The van der Waals surface area contributed by atoms with Crippen LogP contribution in [0.25, 0.3) is 0 Å². The molecule has 0 amide bonds. The van der Waals surface area contributed by atoms with Crippen LogP contribution in [0.5, 0.6) is 0 Å². The number of aromatic nitrogens is 2. The zero-order chi connectivity index (χ0) is 9.97. The van der Waals surface area contributed by atoms with Gasteiger partial charge in [0, 0.05) is 13.1 Å². The first-order chi connectivity index (χ1) is 6.77. The lowest BCUT2D eigenvalue weighted by molar-refractivity contribution is 0.152. The molecule has 0 radical (unpaired) electrons. The van der Waals surface area contributed by atoms with E-state index in [9.17, 15) is 5.11 Å². The van der Waals surface area contributed by atoms with Gasteiger partial charge in [-0.2, -0.15) is 4.98 Å². The van der Waals surface area contributed by atoms with Crippen LogP contribution in [0.1, 0.15) is 38.2 Å². The fraction of sp³-hybridized carbons (Fsp3) is 0.778. The molecule has 1 atom stereocenters. The van der Waals surface area contributed by atoms with Crippen LogP contribution in [-0.4, -0.2) is 28.3 Å². The molecule has 0 aromatic carbocycles. The average Bonchev–Trinajstić information content (AvgIpc) is 2.68. The predicted molar refractivity (Wildman–Crippen MR) is 51.0 cm³/mol. The third-order valence-corrected chi connectivity index (χ3v) is 2.43. The molecule has 78 valence electrons. The van der Waals surface area contributed by atoms with Crippen molar-refractivity contribution < 1.29 is 9.63 Å². The Morgan fingerprint density at radius 2 is 2.07 bits per heavy atom. The second kappa shape index (κ2) is 3.96. The van der Waals surface area contributed by atoms with Crippen molar-refractivity contribution in [2.75, 3.05) is 18.0 Å². The second-order valence-electron chi connectivity index (χ2n) is 3.66. The zero-order valence-electron chi connectivity index (χ0n) is 8.31. The Kier molecular flexibility index (Phi) is 2.67. The largest absolute Gasteiger partial charge is 0.384 e. The highest BCUT2D eigenvalue weighted by molar-refractivity contribution is 5.28. The van der Waals surface area contributed by atoms with E-state index in [0.717, 1.165) is 13.1 Å². The molecule has 2 heterocycles. The van der Waals surface area contributed by atoms with Crippen LogP contribution < -0.4 is 4.90 Å². The first-order valence-corrected chi connectivity index (χ1v) is 5.04. The molecular formula is C9H15N3O2. The van der Waals surface area contributed by atoms with Crippen LogP contribution in [0.4, 0.5) is 5.95 Å². The standard InChI is InChI=1S/C9H15N3O2/c1-7(13)8-10-9(11-14-8)12-5-3-2-4-6-12/h7,13H,2-6H2,1H3. The molecule has 0 saturated carbocycles. The summed E-state index contributed by atoms with van der Waals surface area (Å²) in [4.78, 5) is 6.23. The molecule has 5 heteroatoms. The summed E-state index contributed by atoms with van der Waals surface area (Å²) in [7, 11) is 0. The minimum Gasteiger partial charge on any atom is -0.384 e. The van der Waals surface area contributed by atoms with Gasteiger partial charge >= 0.3 is 0 Å². The lowest BCUT2D eigenvalue weighted by Crippen LogP contribution is -2.30. The molecule has 5 nitrogen and oxygen atoms in total. The Morgan fingerprint density at radius 3 is 2.64 bits per heavy atom. The van der Waals surface area contributed by atoms with Gasteiger partial charge in [-0.05, 0) is 31.3 Å². The summed E-state index contributed by atoms with van der Waals surface area (Å²) in [6.07, 6.45) is 2.95. The SMILES string of the molecule is CC(O)c1nc(N2CCCCC2)no1. The molecular weight excluding hydrogens is 182 g/mol. The normalized spacial score (nSPS) is 19.7. The van der Waals surface area contributed by atoms with Crippen molar-refractivity contribution in [1.29, 1.82) is 0 Å². The van der Waals surface area contributed by atoms with Crippen molar-refractivity contribution in [1.82, 2.24) is 10.1 Å². The number of aliphatic hydroxyl groups is 1. The summed E-state index contributed by atoms with van der Waals surface area (Å²) in [5.74, 6) is 0.908. The quantitative estimate of drug-likeness (QED) is 0.769. The molecule has 1 aliphatic heterocycles. The van der Waals surface area contributed by atoms with E-state index in [-0.39, 0.29) is 0 Å². The lowest BCUT2D eigenvalue weighted by atomic mass is 10.1. The molecule has 2 rings (SSSR count). The van der Waals surface area contributed by atoms with Gasteiger partial charge in [0.2, 0.25) is 0 Å². The van der Waals surface area contributed by atoms with Gasteiger partial charge in [-0.25, -0.2) is 0 Å². The van der Waals surface area contributed by atoms with Gasteiger partial charge in [-0.3, -0.25) is 0 Å². The molecule has 1 aliphatic rings. The minimum atomic E-state index is -0.680. The van der Waals surface area contributed by atoms with Gasteiger partial charge in [0.25, 0.3) is 11.8 Å². The maximum absolute atomic E-state index is 9.22. The zero-order valence-corrected chi connectivity index (χ0v) is 8.31. The lowest BCUT2D eigenvalue weighted by Gasteiger charge is -2.24. The Balaban J connectivity index is 2.07. The van der Waals surface area contributed by atoms with E-state index in [0.29, 0.717) is 11.8 Å². The van der Waals surface area contributed by atoms with Crippen molar-refractivity contribution in [3.63, 3.8) is 0 Å². The van der Waals surface area contributed by atoms with Crippen molar-refractivity contribution in [2.24, 2.45) is 0 Å². The maximum atomic E-state index is 9.22. The fourth-order valence-electron chi connectivity index (χ4n) is 1.62. The number of hydrogen-bond donors (Lipinski definition) is 1. The molecule has 14 heavy (non-hydrogen) atoms. The van der Waals surface area contributed by atoms with Crippen LogP contribution in [0.15, 0.2) is 4.52 Å². The van der Waals surface area contributed by atoms with Crippen LogP contribution in [0.2, 0.25) is 0 Å².